The highest BCUT2D eigenvalue weighted by atomic mass is 32.9. The molecule has 46 heavy (non-hydrogen) atoms. The first-order valence-corrected chi connectivity index (χ1v) is 16.9. The van der Waals surface area contributed by atoms with Gasteiger partial charge in [-0.25, -0.2) is 4.79 Å². The van der Waals surface area contributed by atoms with Gasteiger partial charge in [0.05, 0.1) is 12.5 Å². The molecule has 1 atom stereocenters. The van der Waals surface area contributed by atoms with E-state index in [4.69, 9.17) is 26.4 Å². The molecule has 0 aliphatic carbocycles. The van der Waals surface area contributed by atoms with Gasteiger partial charge in [-0.1, -0.05) is 71.0 Å². The van der Waals surface area contributed by atoms with Gasteiger partial charge in [0.25, 0.3) is 5.09 Å². The fourth-order valence-corrected chi connectivity index (χ4v) is 6.73. The van der Waals surface area contributed by atoms with E-state index in [1.807, 2.05) is 30.3 Å². The average molecular weight is 682 g/mol. The molecule has 10 nitrogen and oxygen atoms in total. The SMILES string of the molecule is CC(C)Cc1ccc(C(C)C(=O)Oc2ccc(OC(=O)CCCO[N+](=O)[O-])c(C(=O)Oc3ccc(-c4cc(=S)ss4)cc3)c2)cc1. The van der Waals surface area contributed by atoms with Gasteiger partial charge in [-0.15, -0.1) is 10.1 Å². The number of hydrogen-bond acceptors (Lipinski definition) is 12. The van der Waals surface area contributed by atoms with Crippen molar-refractivity contribution in [2.24, 2.45) is 5.92 Å². The first kappa shape index (κ1) is 34.4. The van der Waals surface area contributed by atoms with Gasteiger partial charge in [0.15, 0.2) is 0 Å². The summed E-state index contributed by atoms with van der Waals surface area (Å²) in [6.45, 7) is 5.71. The van der Waals surface area contributed by atoms with Gasteiger partial charge < -0.3 is 19.0 Å². The molecule has 0 aliphatic heterocycles. The number of esters is 3. The maximum Gasteiger partial charge on any atom is 0.347 e. The molecule has 3 aromatic carbocycles. The molecule has 0 saturated heterocycles. The molecular weight excluding hydrogens is 651 g/mol. The maximum atomic E-state index is 13.4. The number of rotatable bonds is 14. The monoisotopic (exact) mass is 681 g/mol. The van der Waals surface area contributed by atoms with E-state index in [0.717, 1.165) is 26.2 Å². The number of nitrogens with zero attached hydrogens (tertiary/aromatic N) is 1. The summed E-state index contributed by atoms with van der Waals surface area (Å²) in [5, 5.41) is 9.40. The van der Waals surface area contributed by atoms with E-state index in [1.54, 1.807) is 41.5 Å². The predicted octanol–water partition coefficient (Wildman–Crippen LogP) is 8.23. The summed E-state index contributed by atoms with van der Waals surface area (Å²) in [6.07, 6.45) is 0.746. The molecule has 0 amide bonds. The molecule has 0 saturated carbocycles. The molecule has 0 aliphatic rings. The second-order valence-electron chi connectivity index (χ2n) is 10.7. The molecule has 1 heterocycles. The number of hydrogen-bond donors (Lipinski definition) is 0. The van der Waals surface area contributed by atoms with E-state index in [9.17, 15) is 24.5 Å². The summed E-state index contributed by atoms with van der Waals surface area (Å²) in [7, 11) is 3.03. The van der Waals surface area contributed by atoms with E-state index in [0.29, 0.717) is 5.92 Å². The summed E-state index contributed by atoms with van der Waals surface area (Å²) in [4.78, 5) is 54.4. The predicted molar refractivity (Wildman–Crippen MR) is 177 cm³/mol. The van der Waals surface area contributed by atoms with E-state index in [-0.39, 0.29) is 42.3 Å². The molecule has 1 aromatic heterocycles. The zero-order chi connectivity index (χ0) is 33.2. The van der Waals surface area contributed by atoms with Crippen LogP contribution in [0.15, 0.2) is 72.8 Å². The Labute approximate surface area is 278 Å². The van der Waals surface area contributed by atoms with Crippen LogP contribution in [0.3, 0.4) is 0 Å². The molecular formula is C33H31NO9S3. The lowest BCUT2D eigenvalue weighted by Gasteiger charge is -2.15. The molecule has 4 rings (SSSR count). The van der Waals surface area contributed by atoms with Crippen LogP contribution in [0.4, 0.5) is 0 Å². The third kappa shape index (κ3) is 10.0. The van der Waals surface area contributed by atoms with E-state index in [1.165, 1.54) is 34.1 Å². The fraction of sp³-hybridized carbons (Fsp3) is 0.273. The van der Waals surface area contributed by atoms with Crippen LogP contribution < -0.4 is 14.2 Å². The topological polar surface area (TPSA) is 131 Å². The Morgan fingerprint density at radius 1 is 0.870 bits per heavy atom. The molecule has 0 fully saturated rings. The number of carbonyl (C=O) groups is 3. The Balaban J connectivity index is 1.51. The van der Waals surface area contributed by atoms with Crippen LogP contribution in [-0.4, -0.2) is 29.6 Å². The molecule has 1 unspecified atom stereocenters. The Bertz CT molecular complexity index is 1750. The van der Waals surface area contributed by atoms with Gasteiger partial charge in [-0.05, 0) is 90.9 Å². The van der Waals surface area contributed by atoms with Gasteiger partial charge in [0.2, 0.25) is 0 Å². The first-order chi connectivity index (χ1) is 22.0. The van der Waals surface area contributed by atoms with Gasteiger partial charge >= 0.3 is 17.9 Å². The van der Waals surface area contributed by atoms with Crippen molar-refractivity contribution in [2.45, 2.75) is 46.0 Å². The third-order valence-electron chi connectivity index (χ3n) is 6.62. The van der Waals surface area contributed by atoms with E-state index < -0.39 is 28.9 Å². The van der Waals surface area contributed by atoms with Gasteiger partial charge in [-0.2, -0.15) is 0 Å². The molecule has 4 aromatic rings. The zero-order valence-corrected chi connectivity index (χ0v) is 27.7. The quantitative estimate of drug-likeness (QED) is 0.0244. The minimum atomic E-state index is -0.952. The average Bonchev–Trinajstić information content (AvgIpc) is 3.46. The summed E-state index contributed by atoms with van der Waals surface area (Å²) < 4.78 is 17.4. The molecule has 240 valence electrons. The largest absolute Gasteiger partial charge is 0.426 e. The molecule has 13 heteroatoms. The van der Waals surface area contributed by atoms with Crippen LogP contribution in [-0.2, 0) is 20.8 Å². The lowest BCUT2D eigenvalue weighted by molar-refractivity contribution is -0.757. The van der Waals surface area contributed by atoms with E-state index in [2.05, 4.69) is 18.7 Å². The van der Waals surface area contributed by atoms with Crippen molar-refractivity contribution in [3.8, 4) is 27.7 Å². The fourth-order valence-electron chi connectivity index (χ4n) is 4.33. The second kappa shape index (κ2) is 16.2. The normalized spacial score (nSPS) is 11.5. The number of carbonyl (C=O) groups excluding carboxylic acids is 3. The number of benzene rings is 3. The Kier molecular flexibility index (Phi) is 12.1. The molecule has 0 spiro atoms. The lowest BCUT2D eigenvalue weighted by atomic mass is 9.97. The smallest absolute Gasteiger partial charge is 0.347 e. The standard InChI is InChI=1S/C33H31NO9S3/c1-20(2)17-22-6-8-23(9-7-22)21(3)32(36)42-26-14-15-28(43-30(35)5-4-16-40-34(38)39)27(18-26)33(37)41-25-12-10-24(11-13-25)29-19-31(44)46-45-29/h6-15,18-21H,4-5,16-17H2,1-3H3. The van der Waals surface area contributed by atoms with E-state index >= 15 is 0 Å². The minimum Gasteiger partial charge on any atom is -0.426 e. The zero-order valence-electron chi connectivity index (χ0n) is 25.3. The van der Waals surface area contributed by atoms with Crippen LogP contribution in [0, 0.1) is 19.9 Å². The van der Waals surface area contributed by atoms with Crippen molar-refractivity contribution < 1.29 is 38.5 Å². The van der Waals surface area contributed by atoms with Crippen LogP contribution in [0.5, 0.6) is 17.2 Å². The van der Waals surface area contributed by atoms with Crippen molar-refractivity contribution >= 4 is 50.8 Å². The third-order valence-corrected chi connectivity index (χ3v) is 9.53. The van der Waals surface area contributed by atoms with Gasteiger partial charge in [0.1, 0.15) is 26.6 Å². The Morgan fingerprint density at radius 3 is 2.20 bits per heavy atom. The van der Waals surface area contributed by atoms with Crippen molar-refractivity contribution in [3.05, 3.63) is 103 Å². The minimum absolute atomic E-state index is 0.0237. The summed E-state index contributed by atoms with van der Waals surface area (Å²) in [5.41, 5.74) is 2.70. The maximum absolute atomic E-state index is 13.4. The highest BCUT2D eigenvalue weighted by Gasteiger charge is 2.22. The van der Waals surface area contributed by atoms with Crippen molar-refractivity contribution in [2.75, 3.05) is 6.61 Å². The Morgan fingerprint density at radius 2 is 1.57 bits per heavy atom. The van der Waals surface area contributed by atoms with Crippen LogP contribution in [0.25, 0.3) is 10.4 Å². The number of ether oxygens (including phenoxy) is 3. The highest BCUT2D eigenvalue weighted by Crippen LogP contribution is 2.32. The lowest BCUT2D eigenvalue weighted by Crippen LogP contribution is -2.18. The Hall–Kier alpha value is -4.46. The first-order valence-electron chi connectivity index (χ1n) is 14.3. The van der Waals surface area contributed by atoms with Gasteiger partial charge in [-0.3, -0.25) is 9.59 Å². The highest BCUT2D eigenvalue weighted by molar-refractivity contribution is 7.80. The van der Waals surface area contributed by atoms with Crippen LogP contribution in [0.2, 0.25) is 0 Å². The summed E-state index contributed by atoms with van der Waals surface area (Å²) in [6, 6.07) is 20.5. The molecule has 0 bridgehead atoms. The van der Waals surface area contributed by atoms with Crippen molar-refractivity contribution in [1.29, 1.82) is 0 Å². The second-order valence-corrected chi connectivity index (χ2v) is 13.6. The summed E-state index contributed by atoms with van der Waals surface area (Å²) >= 11 is 5.20. The van der Waals surface area contributed by atoms with Crippen molar-refractivity contribution in [1.82, 2.24) is 0 Å². The van der Waals surface area contributed by atoms with Crippen LogP contribution >= 0.6 is 32.9 Å². The van der Waals surface area contributed by atoms with Gasteiger partial charge in [0, 0.05) is 11.3 Å². The van der Waals surface area contributed by atoms with Crippen molar-refractivity contribution in [3.63, 3.8) is 0 Å². The molecule has 0 radical (unpaired) electrons. The van der Waals surface area contributed by atoms with Crippen LogP contribution in [0.1, 0.15) is 61.0 Å². The summed E-state index contributed by atoms with van der Waals surface area (Å²) in [5.74, 6) is -2.08. The molecule has 0 N–H and O–H groups in total.